The summed E-state index contributed by atoms with van der Waals surface area (Å²) >= 11 is 0. The molecule has 2 aromatic heterocycles. The van der Waals surface area contributed by atoms with Crippen LogP contribution in [0.3, 0.4) is 0 Å². The van der Waals surface area contributed by atoms with Gasteiger partial charge in [-0.05, 0) is 32.9 Å². The van der Waals surface area contributed by atoms with Crippen molar-refractivity contribution in [3.05, 3.63) is 24.2 Å². The first-order valence-electron chi connectivity index (χ1n) is 8.21. The lowest BCUT2D eigenvalue weighted by Crippen LogP contribution is -2.36. The normalized spacial score (nSPS) is 17.6. The summed E-state index contributed by atoms with van der Waals surface area (Å²) in [5.41, 5.74) is 0.120. The number of rotatable bonds is 3. The van der Waals surface area contributed by atoms with Crippen molar-refractivity contribution < 1.29 is 18.8 Å². The van der Waals surface area contributed by atoms with Crippen molar-refractivity contribution in [2.75, 3.05) is 13.1 Å². The highest BCUT2D eigenvalue weighted by Crippen LogP contribution is 2.22. The van der Waals surface area contributed by atoms with Crippen molar-refractivity contribution in [1.29, 1.82) is 0 Å². The summed E-state index contributed by atoms with van der Waals surface area (Å²) in [5, 5.41) is 3.83. The molecular formula is C17H22N4O4. The molecule has 25 heavy (non-hydrogen) atoms. The Hall–Kier alpha value is -2.64. The molecule has 8 heteroatoms. The summed E-state index contributed by atoms with van der Waals surface area (Å²) in [6.07, 6.45) is 1.99. The summed E-state index contributed by atoms with van der Waals surface area (Å²) in [7, 11) is 0. The van der Waals surface area contributed by atoms with Crippen molar-refractivity contribution in [3.8, 4) is 17.3 Å². The topological polar surface area (TPSA) is 90.6 Å². The number of hydrogen-bond acceptors (Lipinski definition) is 7. The van der Waals surface area contributed by atoms with Crippen molar-refractivity contribution in [2.24, 2.45) is 0 Å². The Morgan fingerprint density at radius 3 is 2.76 bits per heavy atom. The van der Waals surface area contributed by atoms with E-state index in [-0.39, 0.29) is 12.2 Å². The van der Waals surface area contributed by atoms with Crippen LogP contribution in [0.2, 0.25) is 0 Å². The molecule has 0 bridgehead atoms. The van der Waals surface area contributed by atoms with Gasteiger partial charge in [-0.2, -0.15) is 4.98 Å². The predicted octanol–water partition coefficient (Wildman–Crippen LogP) is 2.83. The van der Waals surface area contributed by atoms with E-state index in [9.17, 15) is 4.79 Å². The largest absolute Gasteiger partial charge is 0.487 e. The highest BCUT2D eigenvalue weighted by Gasteiger charge is 2.30. The minimum atomic E-state index is -0.497. The van der Waals surface area contributed by atoms with Gasteiger partial charge in [0.25, 0.3) is 0 Å². The number of aromatic nitrogens is 3. The second-order valence-electron chi connectivity index (χ2n) is 6.97. The SMILES string of the molecule is Cc1nc(-c2ccc(O[C@H]3CCN(C(=O)OC(C)(C)C)C3)cn2)no1. The molecule has 1 saturated heterocycles. The molecule has 0 saturated carbocycles. The van der Waals surface area contributed by atoms with E-state index in [1.807, 2.05) is 26.8 Å². The smallest absolute Gasteiger partial charge is 0.410 e. The number of hydrogen-bond donors (Lipinski definition) is 0. The van der Waals surface area contributed by atoms with E-state index < -0.39 is 5.60 Å². The Labute approximate surface area is 146 Å². The first-order valence-corrected chi connectivity index (χ1v) is 8.21. The Morgan fingerprint density at radius 2 is 2.16 bits per heavy atom. The molecule has 0 unspecified atom stereocenters. The van der Waals surface area contributed by atoms with E-state index >= 15 is 0 Å². The second-order valence-corrected chi connectivity index (χ2v) is 6.97. The van der Waals surface area contributed by atoms with E-state index in [1.54, 1.807) is 24.1 Å². The van der Waals surface area contributed by atoms with Crippen molar-refractivity contribution in [1.82, 2.24) is 20.0 Å². The molecule has 0 N–H and O–H groups in total. The molecule has 0 aromatic carbocycles. The lowest BCUT2D eigenvalue weighted by molar-refractivity contribution is 0.0275. The number of likely N-dealkylation sites (tertiary alicyclic amines) is 1. The lowest BCUT2D eigenvalue weighted by Gasteiger charge is -2.24. The van der Waals surface area contributed by atoms with Crippen LogP contribution in [-0.4, -0.2) is 50.9 Å². The van der Waals surface area contributed by atoms with Crippen LogP contribution in [0.25, 0.3) is 11.5 Å². The molecule has 3 rings (SSSR count). The van der Waals surface area contributed by atoms with Gasteiger partial charge in [0.1, 0.15) is 23.1 Å². The maximum atomic E-state index is 12.1. The molecule has 1 fully saturated rings. The second kappa shape index (κ2) is 6.70. The fourth-order valence-electron chi connectivity index (χ4n) is 2.49. The molecule has 1 aliphatic heterocycles. The van der Waals surface area contributed by atoms with Gasteiger partial charge < -0.3 is 18.9 Å². The van der Waals surface area contributed by atoms with Gasteiger partial charge in [-0.1, -0.05) is 5.16 Å². The monoisotopic (exact) mass is 346 g/mol. The molecule has 8 nitrogen and oxygen atoms in total. The minimum Gasteiger partial charge on any atom is -0.487 e. The number of pyridine rings is 1. The molecule has 134 valence electrons. The average Bonchev–Trinajstić information content (AvgIpc) is 3.16. The van der Waals surface area contributed by atoms with Crippen LogP contribution >= 0.6 is 0 Å². The van der Waals surface area contributed by atoms with E-state index in [1.165, 1.54) is 0 Å². The van der Waals surface area contributed by atoms with E-state index in [0.717, 1.165) is 6.42 Å². The maximum absolute atomic E-state index is 12.1. The number of ether oxygens (including phenoxy) is 2. The van der Waals surface area contributed by atoms with Crippen LogP contribution in [-0.2, 0) is 4.74 Å². The van der Waals surface area contributed by atoms with Gasteiger partial charge in [-0.15, -0.1) is 0 Å². The number of aryl methyl sites for hydroxylation is 1. The first-order chi connectivity index (χ1) is 11.8. The van der Waals surface area contributed by atoms with Crippen molar-refractivity contribution in [2.45, 2.75) is 45.8 Å². The Morgan fingerprint density at radius 1 is 1.36 bits per heavy atom. The fraction of sp³-hybridized carbons (Fsp3) is 0.529. The van der Waals surface area contributed by atoms with E-state index in [4.69, 9.17) is 14.0 Å². The summed E-state index contributed by atoms with van der Waals surface area (Å²) in [5.74, 6) is 1.58. The quantitative estimate of drug-likeness (QED) is 0.844. The first kappa shape index (κ1) is 17.2. The fourth-order valence-corrected chi connectivity index (χ4v) is 2.49. The highest BCUT2D eigenvalue weighted by molar-refractivity contribution is 5.68. The van der Waals surface area contributed by atoms with Crippen LogP contribution in [0.15, 0.2) is 22.9 Å². The Bertz CT molecular complexity index is 736. The summed E-state index contributed by atoms with van der Waals surface area (Å²) in [4.78, 5) is 22.2. The zero-order valence-electron chi connectivity index (χ0n) is 14.9. The minimum absolute atomic E-state index is 0.0763. The van der Waals surface area contributed by atoms with Gasteiger partial charge >= 0.3 is 6.09 Å². The summed E-state index contributed by atoms with van der Waals surface area (Å²) in [6, 6.07) is 3.59. The van der Waals surface area contributed by atoms with Crippen molar-refractivity contribution in [3.63, 3.8) is 0 Å². The van der Waals surface area contributed by atoms with E-state index in [0.29, 0.717) is 36.2 Å². The van der Waals surface area contributed by atoms with Gasteiger partial charge in [-0.25, -0.2) is 9.78 Å². The van der Waals surface area contributed by atoms with Gasteiger partial charge in [0.2, 0.25) is 11.7 Å². The summed E-state index contributed by atoms with van der Waals surface area (Å²) in [6.45, 7) is 8.41. The third kappa shape index (κ3) is 4.46. The molecular weight excluding hydrogens is 324 g/mol. The average molecular weight is 346 g/mol. The van der Waals surface area contributed by atoms with E-state index in [2.05, 4.69) is 15.1 Å². The third-order valence-electron chi connectivity index (χ3n) is 3.59. The third-order valence-corrected chi connectivity index (χ3v) is 3.59. The number of carbonyl (C=O) groups excluding carboxylic acids is 1. The molecule has 1 atom stereocenters. The number of amides is 1. The van der Waals surface area contributed by atoms with Crippen LogP contribution in [0.5, 0.6) is 5.75 Å². The summed E-state index contributed by atoms with van der Waals surface area (Å²) < 4.78 is 16.2. The number of nitrogens with zero attached hydrogens (tertiary/aromatic N) is 4. The molecule has 2 aromatic rings. The molecule has 0 radical (unpaired) electrons. The lowest BCUT2D eigenvalue weighted by atomic mass is 10.2. The molecule has 0 spiro atoms. The van der Waals surface area contributed by atoms with Crippen LogP contribution in [0, 0.1) is 6.92 Å². The Kier molecular flexibility index (Phi) is 4.61. The van der Waals surface area contributed by atoms with Gasteiger partial charge in [-0.3, -0.25) is 0 Å². The van der Waals surface area contributed by atoms with Crippen LogP contribution in [0.4, 0.5) is 4.79 Å². The molecule has 1 amide bonds. The van der Waals surface area contributed by atoms with Gasteiger partial charge in [0.05, 0.1) is 12.7 Å². The standard InChI is InChI=1S/C17H22N4O4/c1-11-19-15(20-25-11)14-6-5-12(9-18-14)23-13-7-8-21(10-13)16(22)24-17(2,3)4/h5-6,9,13H,7-8,10H2,1-4H3/t13-/m0/s1. The zero-order valence-corrected chi connectivity index (χ0v) is 14.9. The van der Waals surface area contributed by atoms with Crippen molar-refractivity contribution >= 4 is 6.09 Å². The molecule has 3 heterocycles. The highest BCUT2D eigenvalue weighted by atomic mass is 16.6. The number of carbonyl (C=O) groups is 1. The zero-order chi connectivity index (χ0) is 18.0. The molecule has 0 aliphatic carbocycles. The predicted molar refractivity (Wildman–Crippen MR) is 89.1 cm³/mol. The van der Waals surface area contributed by atoms with Crippen LogP contribution < -0.4 is 4.74 Å². The maximum Gasteiger partial charge on any atom is 0.410 e. The van der Waals surface area contributed by atoms with Crippen LogP contribution in [0.1, 0.15) is 33.1 Å². The van der Waals surface area contributed by atoms with Gasteiger partial charge in [0.15, 0.2) is 0 Å². The van der Waals surface area contributed by atoms with Gasteiger partial charge in [0, 0.05) is 19.9 Å². The molecule has 1 aliphatic rings. The Balaban J connectivity index is 1.56.